The molecule has 2 atom stereocenters. The third-order valence-electron chi connectivity index (χ3n) is 4.92. The van der Waals surface area contributed by atoms with E-state index in [1.807, 2.05) is 0 Å². The van der Waals surface area contributed by atoms with Gasteiger partial charge in [0.2, 0.25) is 0 Å². The Balaban J connectivity index is 1.45. The molecule has 0 bridgehead atoms. The van der Waals surface area contributed by atoms with Crippen LogP contribution in [-0.4, -0.2) is 34.2 Å². The molecule has 0 aromatic carbocycles. The summed E-state index contributed by atoms with van der Waals surface area (Å²) in [6.07, 6.45) is 2.70. The molecular weight excluding hydrogens is 210 g/mol. The zero-order valence-corrected chi connectivity index (χ0v) is 10.7. The smallest absolute Gasteiger partial charge is 0.0655 e. The summed E-state index contributed by atoms with van der Waals surface area (Å²) in [5.74, 6) is 3.39. The average molecular weight is 231 g/mol. The van der Waals surface area contributed by atoms with Crippen LogP contribution in [0.15, 0.2) is 6.07 Å². The van der Waals surface area contributed by atoms with E-state index in [0.717, 1.165) is 23.7 Å². The van der Waals surface area contributed by atoms with Crippen LogP contribution in [0.3, 0.4) is 0 Å². The number of fused-ring (bicyclic) bond motifs is 1. The van der Waals surface area contributed by atoms with E-state index >= 15 is 0 Å². The minimum absolute atomic E-state index is 0.715. The second-order valence-electron chi connectivity index (χ2n) is 6.42. The van der Waals surface area contributed by atoms with Crippen LogP contribution in [0.1, 0.15) is 49.9 Å². The molecule has 0 amide bonds. The van der Waals surface area contributed by atoms with Gasteiger partial charge in [-0.2, -0.15) is 5.10 Å². The predicted octanol–water partition coefficient (Wildman–Crippen LogP) is 2.34. The van der Waals surface area contributed by atoms with Crippen molar-refractivity contribution in [3.05, 3.63) is 17.5 Å². The van der Waals surface area contributed by atoms with Gasteiger partial charge in [0, 0.05) is 36.7 Å². The van der Waals surface area contributed by atoms with Gasteiger partial charge in [-0.05, 0) is 44.6 Å². The first-order valence-corrected chi connectivity index (χ1v) is 7.03. The summed E-state index contributed by atoms with van der Waals surface area (Å²) in [4.78, 5) is 2.62. The highest BCUT2D eigenvalue weighted by Crippen LogP contribution is 2.58. The van der Waals surface area contributed by atoms with Gasteiger partial charge in [0.15, 0.2) is 0 Å². The first kappa shape index (κ1) is 10.1. The molecule has 1 N–H and O–H groups in total. The Bertz CT molecular complexity index is 420. The van der Waals surface area contributed by atoms with Crippen LogP contribution in [0, 0.1) is 11.8 Å². The van der Waals surface area contributed by atoms with Gasteiger partial charge in [-0.25, -0.2) is 0 Å². The third-order valence-corrected chi connectivity index (χ3v) is 4.92. The van der Waals surface area contributed by atoms with E-state index < -0.39 is 0 Å². The molecule has 3 aliphatic rings. The molecule has 3 nitrogen and oxygen atoms in total. The number of nitrogens with one attached hydrogen (secondary N) is 1. The number of hydrogen-bond acceptors (Lipinski definition) is 2. The van der Waals surface area contributed by atoms with Crippen LogP contribution >= 0.6 is 0 Å². The molecule has 0 radical (unpaired) electrons. The first-order valence-electron chi connectivity index (χ1n) is 7.03. The maximum atomic E-state index is 4.48. The Hall–Kier alpha value is -0.830. The van der Waals surface area contributed by atoms with Gasteiger partial charge in [-0.3, -0.25) is 5.10 Å². The van der Waals surface area contributed by atoms with Crippen LogP contribution in [0.25, 0.3) is 0 Å². The minimum Gasteiger partial charge on any atom is -0.300 e. The van der Waals surface area contributed by atoms with Crippen LogP contribution in [0.2, 0.25) is 0 Å². The highest BCUT2D eigenvalue weighted by Gasteiger charge is 2.57. The molecule has 3 fully saturated rings. The summed E-state index contributed by atoms with van der Waals surface area (Å²) < 4.78 is 0. The Labute approximate surface area is 103 Å². The molecule has 1 aliphatic heterocycles. The maximum Gasteiger partial charge on any atom is 0.0655 e. The molecular formula is C14H21N3. The van der Waals surface area contributed by atoms with Gasteiger partial charge < -0.3 is 4.90 Å². The van der Waals surface area contributed by atoms with Crippen LogP contribution < -0.4 is 0 Å². The zero-order chi connectivity index (χ0) is 11.6. The van der Waals surface area contributed by atoms with Crippen LogP contribution in [0.5, 0.6) is 0 Å². The standard InChI is InChI=1S/C14H21N3/c1-8(2)17-6-10-11(7-17)14(10)13-5-12(15-16-13)9-3-4-9/h5,8-11,14H,3-4,6-7H2,1-2H3,(H,15,16). The number of nitrogens with zero attached hydrogens (tertiary/aromatic N) is 2. The SMILES string of the molecule is CC(C)N1CC2C(C1)C2c1cc(C2CC2)n[nH]1. The van der Waals surface area contributed by atoms with E-state index in [4.69, 9.17) is 0 Å². The Morgan fingerprint density at radius 2 is 2.00 bits per heavy atom. The van der Waals surface area contributed by atoms with Crippen molar-refractivity contribution in [2.45, 2.75) is 44.6 Å². The predicted molar refractivity (Wildman–Crippen MR) is 67.0 cm³/mol. The molecule has 4 rings (SSSR count). The largest absolute Gasteiger partial charge is 0.300 e. The monoisotopic (exact) mass is 231 g/mol. The lowest BCUT2D eigenvalue weighted by Crippen LogP contribution is -2.31. The number of aromatic amines is 1. The number of piperidine rings is 1. The fourth-order valence-corrected chi connectivity index (χ4v) is 3.55. The Morgan fingerprint density at radius 1 is 1.29 bits per heavy atom. The Kier molecular flexibility index (Phi) is 1.99. The number of hydrogen-bond donors (Lipinski definition) is 1. The first-order chi connectivity index (χ1) is 8.24. The van der Waals surface area contributed by atoms with Crippen molar-refractivity contribution in [3.63, 3.8) is 0 Å². The minimum atomic E-state index is 0.715. The molecule has 0 spiro atoms. The van der Waals surface area contributed by atoms with E-state index in [1.165, 1.54) is 37.3 Å². The third kappa shape index (κ3) is 1.55. The summed E-state index contributed by atoms with van der Waals surface area (Å²) in [7, 11) is 0. The van der Waals surface area contributed by atoms with E-state index in [-0.39, 0.29) is 0 Å². The van der Waals surface area contributed by atoms with Crippen LogP contribution in [0.4, 0.5) is 0 Å². The second kappa shape index (κ2) is 3.35. The molecule has 3 heteroatoms. The van der Waals surface area contributed by atoms with Gasteiger partial charge in [0.25, 0.3) is 0 Å². The fourth-order valence-electron chi connectivity index (χ4n) is 3.55. The molecule has 2 saturated carbocycles. The second-order valence-corrected chi connectivity index (χ2v) is 6.42. The number of H-pyrrole nitrogens is 1. The van der Waals surface area contributed by atoms with Crippen molar-refractivity contribution in [1.29, 1.82) is 0 Å². The van der Waals surface area contributed by atoms with E-state index in [2.05, 4.69) is 35.0 Å². The van der Waals surface area contributed by atoms with Gasteiger partial charge in [0.1, 0.15) is 0 Å². The number of rotatable bonds is 3. The topological polar surface area (TPSA) is 31.9 Å². The number of likely N-dealkylation sites (tertiary alicyclic amines) is 1. The summed E-state index contributed by atoms with van der Waals surface area (Å²) in [5.41, 5.74) is 2.75. The fraction of sp³-hybridized carbons (Fsp3) is 0.786. The number of aromatic nitrogens is 2. The summed E-state index contributed by atoms with van der Waals surface area (Å²) >= 11 is 0. The van der Waals surface area contributed by atoms with Crippen molar-refractivity contribution in [2.24, 2.45) is 11.8 Å². The lowest BCUT2D eigenvalue weighted by molar-refractivity contribution is 0.242. The van der Waals surface area contributed by atoms with Crippen molar-refractivity contribution in [3.8, 4) is 0 Å². The van der Waals surface area contributed by atoms with E-state index in [9.17, 15) is 0 Å². The molecule has 17 heavy (non-hydrogen) atoms. The molecule has 2 unspecified atom stereocenters. The highest BCUT2D eigenvalue weighted by molar-refractivity contribution is 5.28. The molecule has 92 valence electrons. The highest BCUT2D eigenvalue weighted by atomic mass is 15.2. The molecule has 2 aliphatic carbocycles. The summed E-state index contributed by atoms with van der Waals surface area (Å²) in [6, 6.07) is 3.06. The van der Waals surface area contributed by atoms with Crippen molar-refractivity contribution >= 4 is 0 Å². The van der Waals surface area contributed by atoms with E-state index in [1.54, 1.807) is 0 Å². The zero-order valence-electron chi connectivity index (χ0n) is 10.7. The molecule has 1 aromatic rings. The van der Waals surface area contributed by atoms with Gasteiger partial charge in [0.05, 0.1) is 5.69 Å². The van der Waals surface area contributed by atoms with E-state index in [0.29, 0.717) is 6.04 Å². The van der Waals surface area contributed by atoms with Crippen molar-refractivity contribution < 1.29 is 0 Å². The van der Waals surface area contributed by atoms with Gasteiger partial charge in [-0.1, -0.05) is 0 Å². The summed E-state index contributed by atoms with van der Waals surface area (Å²) in [5, 5.41) is 7.78. The average Bonchev–Trinajstić information content (AvgIpc) is 3.17. The lowest BCUT2D eigenvalue weighted by atomic mass is 10.1. The van der Waals surface area contributed by atoms with Gasteiger partial charge >= 0.3 is 0 Å². The van der Waals surface area contributed by atoms with Crippen molar-refractivity contribution in [1.82, 2.24) is 15.1 Å². The van der Waals surface area contributed by atoms with Crippen LogP contribution in [-0.2, 0) is 0 Å². The normalized spacial score (nSPS) is 36.5. The van der Waals surface area contributed by atoms with Crippen molar-refractivity contribution in [2.75, 3.05) is 13.1 Å². The quantitative estimate of drug-likeness (QED) is 0.866. The van der Waals surface area contributed by atoms with Gasteiger partial charge in [-0.15, -0.1) is 0 Å². The molecule has 1 saturated heterocycles. The molecule has 2 heterocycles. The molecule has 1 aromatic heterocycles. The Morgan fingerprint density at radius 3 is 2.59 bits per heavy atom. The lowest BCUT2D eigenvalue weighted by Gasteiger charge is -2.23. The maximum absolute atomic E-state index is 4.48. The summed E-state index contributed by atoms with van der Waals surface area (Å²) in [6.45, 7) is 7.21.